The molecule has 1 aromatic rings. The molecule has 1 atom stereocenters. The molecule has 1 heterocycles. The Bertz CT molecular complexity index is 627. The number of carbonyl (C=O) groups excluding carboxylic acids is 2. The summed E-state index contributed by atoms with van der Waals surface area (Å²) >= 11 is 0. The second kappa shape index (κ2) is 18.9. The lowest BCUT2D eigenvalue weighted by Gasteiger charge is -2.12. The molecular formula is C24H38FNO3. The first-order chi connectivity index (χ1) is 13.9. The molecular weight excluding hydrogens is 369 g/mol. The van der Waals surface area contributed by atoms with Crippen molar-refractivity contribution in [2.24, 2.45) is 0 Å². The summed E-state index contributed by atoms with van der Waals surface area (Å²) in [6, 6.07) is 4.24. The van der Waals surface area contributed by atoms with E-state index in [4.69, 9.17) is 4.74 Å². The lowest BCUT2D eigenvalue weighted by Crippen LogP contribution is -2.30. The molecule has 1 amide bonds. The number of nitrogens with one attached hydrogen (secondary N) is 1. The van der Waals surface area contributed by atoms with E-state index in [0.29, 0.717) is 18.5 Å². The third-order valence-electron chi connectivity index (χ3n) is 3.55. The van der Waals surface area contributed by atoms with Crippen LogP contribution in [0.5, 0.6) is 0 Å². The van der Waals surface area contributed by atoms with E-state index in [0.717, 1.165) is 18.4 Å². The predicted octanol–water partition coefficient (Wildman–Crippen LogP) is 6.61. The van der Waals surface area contributed by atoms with E-state index in [1.807, 2.05) is 27.7 Å². The molecule has 0 bridgehead atoms. The standard InChI is InChI=1S/C12H12FNO3.2C5H10.C2H6/c1-7(15)17-11-5-3-8-2-4-9(13)6-10(8)14-12(11)16;2*1-3-5-4-2;1-2/h2,4,6,11H,3,5H2,1H3,(H,14,16);2*3,5H,4H2,1-2H3;1-2H3/b;2*5-3-;. The van der Waals surface area contributed by atoms with Gasteiger partial charge >= 0.3 is 5.97 Å². The van der Waals surface area contributed by atoms with Gasteiger partial charge < -0.3 is 10.1 Å². The van der Waals surface area contributed by atoms with Crippen LogP contribution in [0.25, 0.3) is 0 Å². The molecule has 0 aliphatic carbocycles. The van der Waals surface area contributed by atoms with Crippen LogP contribution in [0.2, 0.25) is 0 Å². The number of benzene rings is 1. The van der Waals surface area contributed by atoms with Crippen molar-refractivity contribution in [2.75, 3.05) is 5.32 Å². The minimum Gasteiger partial charge on any atom is -0.452 e. The fourth-order valence-corrected chi connectivity index (χ4v) is 2.30. The van der Waals surface area contributed by atoms with Gasteiger partial charge in [0.1, 0.15) is 5.82 Å². The first-order valence-electron chi connectivity index (χ1n) is 10.4. The number of allylic oxidation sites excluding steroid dienone is 4. The largest absolute Gasteiger partial charge is 0.452 e. The van der Waals surface area contributed by atoms with Gasteiger partial charge in [-0.25, -0.2) is 4.39 Å². The van der Waals surface area contributed by atoms with E-state index in [-0.39, 0.29) is 0 Å². The molecule has 164 valence electrons. The van der Waals surface area contributed by atoms with Crippen molar-refractivity contribution in [3.05, 3.63) is 53.9 Å². The highest BCUT2D eigenvalue weighted by molar-refractivity contribution is 5.96. The summed E-state index contributed by atoms with van der Waals surface area (Å²) in [6.07, 6.45) is 10.9. The van der Waals surface area contributed by atoms with Crippen molar-refractivity contribution in [3.63, 3.8) is 0 Å². The zero-order valence-corrected chi connectivity index (χ0v) is 19.0. The molecule has 2 rings (SSSR count). The SMILES string of the molecule is C/C=C\CC.C/C=C\CC.CC.CC(=O)OC1CCc2ccc(F)cc2NC1=O. The number of amides is 1. The number of carbonyl (C=O) groups is 2. The van der Waals surface area contributed by atoms with Crippen LogP contribution in [0, 0.1) is 5.82 Å². The Balaban J connectivity index is 0. The molecule has 1 unspecified atom stereocenters. The van der Waals surface area contributed by atoms with Gasteiger partial charge in [0.25, 0.3) is 5.91 Å². The third kappa shape index (κ3) is 14.3. The van der Waals surface area contributed by atoms with E-state index in [2.05, 4.69) is 43.5 Å². The third-order valence-corrected chi connectivity index (χ3v) is 3.55. The summed E-state index contributed by atoms with van der Waals surface area (Å²) in [5, 5.41) is 2.56. The van der Waals surface area contributed by atoms with Gasteiger partial charge in [-0.2, -0.15) is 0 Å². The highest BCUT2D eigenvalue weighted by Gasteiger charge is 2.26. The van der Waals surface area contributed by atoms with E-state index < -0.39 is 23.8 Å². The average Bonchev–Trinajstić information content (AvgIpc) is 2.84. The van der Waals surface area contributed by atoms with Crippen LogP contribution in [0.1, 0.15) is 73.3 Å². The fraction of sp³-hybridized carbons (Fsp3) is 0.500. The van der Waals surface area contributed by atoms with Crippen LogP contribution in [0.4, 0.5) is 10.1 Å². The molecule has 0 aromatic heterocycles. The van der Waals surface area contributed by atoms with Gasteiger partial charge in [-0.15, -0.1) is 0 Å². The zero-order chi connectivity index (χ0) is 22.7. The maximum atomic E-state index is 13.0. The van der Waals surface area contributed by atoms with Crippen molar-refractivity contribution in [3.8, 4) is 0 Å². The van der Waals surface area contributed by atoms with Gasteiger partial charge in [-0.05, 0) is 57.2 Å². The van der Waals surface area contributed by atoms with Crippen molar-refractivity contribution in [1.29, 1.82) is 0 Å². The summed E-state index contributed by atoms with van der Waals surface area (Å²) in [6.45, 7) is 13.6. The number of aryl methyl sites for hydroxylation is 1. The Morgan fingerprint density at radius 2 is 1.72 bits per heavy atom. The summed E-state index contributed by atoms with van der Waals surface area (Å²) < 4.78 is 17.9. The normalized spacial score (nSPS) is 14.8. The minimum absolute atomic E-state index is 0.407. The fourth-order valence-electron chi connectivity index (χ4n) is 2.30. The van der Waals surface area contributed by atoms with Gasteiger partial charge in [0, 0.05) is 12.6 Å². The summed E-state index contributed by atoms with van der Waals surface area (Å²) in [5.41, 5.74) is 1.29. The van der Waals surface area contributed by atoms with E-state index in [1.54, 1.807) is 6.07 Å². The molecule has 0 saturated carbocycles. The molecule has 0 fully saturated rings. The Labute approximate surface area is 176 Å². The summed E-state index contributed by atoms with van der Waals surface area (Å²) in [4.78, 5) is 22.5. The van der Waals surface area contributed by atoms with Crippen molar-refractivity contribution < 1.29 is 18.7 Å². The van der Waals surface area contributed by atoms with Gasteiger partial charge in [0.2, 0.25) is 0 Å². The molecule has 1 aromatic carbocycles. The molecule has 29 heavy (non-hydrogen) atoms. The Kier molecular flexibility index (Phi) is 18.8. The minimum atomic E-state index is -0.803. The molecule has 1 aliphatic rings. The summed E-state index contributed by atoms with van der Waals surface area (Å²) in [7, 11) is 0. The number of halogens is 1. The molecule has 1 N–H and O–H groups in total. The van der Waals surface area contributed by atoms with Crippen LogP contribution in [-0.4, -0.2) is 18.0 Å². The monoisotopic (exact) mass is 407 g/mol. The topological polar surface area (TPSA) is 55.4 Å². The predicted molar refractivity (Wildman–Crippen MR) is 120 cm³/mol. The Morgan fingerprint density at radius 3 is 2.14 bits per heavy atom. The Hall–Kier alpha value is -2.43. The second-order valence-electron chi connectivity index (χ2n) is 5.88. The van der Waals surface area contributed by atoms with Gasteiger partial charge in [0.15, 0.2) is 6.10 Å². The van der Waals surface area contributed by atoms with Crippen LogP contribution >= 0.6 is 0 Å². The average molecular weight is 408 g/mol. The van der Waals surface area contributed by atoms with Crippen LogP contribution in [0.3, 0.4) is 0 Å². The Morgan fingerprint density at radius 1 is 1.17 bits per heavy atom. The first kappa shape index (κ1) is 28.8. The smallest absolute Gasteiger partial charge is 0.303 e. The number of ether oxygens (including phenoxy) is 1. The molecule has 1 aliphatic heterocycles. The number of rotatable bonds is 3. The lowest BCUT2D eigenvalue weighted by atomic mass is 10.1. The van der Waals surface area contributed by atoms with Gasteiger partial charge in [0.05, 0.1) is 0 Å². The van der Waals surface area contributed by atoms with Gasteiger partial charge in [-0.1, -0.05) is 58.1 Å². The summed E-state index contributed by atoms with van der Waals surface area (Å²) in [5.74, 6) is -1.32. The maximum absolute atomic E-state index is 13.0. The highest BCUT2D eigenvalue weighted by atomic mass is 19.1. The molecule has 0 spiro atoms. The first-order valence-corrected chi connectivity index (χ1v) is 10.4. The van der Waals surface area contributed by atoms with Crippen molar-refractivity contribution >= 4 is 17.6 Å². The van der Waals surface area contributed by atoms with E-state index >= 15 is 0 Å². The molecule has 4 nitrogen and oxygen atoms in total. The van der Waals surface area contributed by atoms with Crippen LogP contribution < -0.4 is 5.32 Å². The van der Waals surface area contributed by atoms with E-state index in [9.17, 15) is 14.0 Å². The molecule has 5 heteroatoms. The van der Waals surface area contributed by atoms with Crippen molar-refractivity contribution in [1.82, 2.24) is 0 Å². The number of fused-ring (bicyclic) bond motifs is 1. The number of esters is 1. The number of anilines is 1. The quantitative estimate of drug-likeness (QED) is 0.453. The van der Waals surface area contributed by atoms with Crippen molar-refractivity contribution in [2.45, 2.75) is 80.3 Å². The van der Waals surface area contributed by atoms with E-state index in [1.165, 1.54) is 19.1 Å². The van der Waals surface area contributed by atoms with Crippen LogP contribution in [-0.2, 0) is 20.7 Å². The lowest BCUT2D eigenvalue weighted by molar-refractivity contribution is -0.152. The van der Waals surface area contributed by atoms with Gasteiger partial charge in [-0.3, -0.25) is 9.59 Å². The molecule has 0 saturated heterocycles. The zero-order valence-electron chi connectivity index (χ0n) is 19.0. The highest BCUT2D eigenvalue weighted by Crippen LogP contribution is 2.24. The second-order valence-corrected chi connectivity index (χ2v) is 5.88. The van der Waals surface area contributed by atoms with Crippen LogP contribution in [0.15, 0.2) is 42.5 Å². The number of hydrogen-bond acceptors (Lipinski definition) is 3. The maximum Gasteiger partial charge on any atom is 0.303 e. The molecule has 0 radical (unpaired) electrons. The number of hydrogen-bond donors (Lipinski definition) is 1.